The molecule has 0 bridgehead atoms. The topological polar surface area (TPSA) is 102 Å². The molecule has 1 aliphatic heterocycles. The summed E-state index contributed by atoms with van der Waals surface area (Å²) in [5, 5.41) is 10.6. The predicted molar refractivity (Wildman–Crippen MR) is 107 cm³/mol. The van der Waals surface area contributed by atoms with E-state index in [1.165, 1.54) is 0 Å². The fraction of sp³-hybridized carbons (Fsp3) is 0.368. The number of sulfone groups is 1. The number of H-pyrrole nitrogens is 1. The molecule has 8 nitrogen and oxygen atoms in total. The number of imidazole rings is 1. The van der Waals surface area contributed by atoms with Crippen LogP contribution >= 0.6 is 0 Å². The highest BCUT2D eigenvalue weighted by Crippen LogP contribution is 2.30. The molecule has 9 heteroatoms. The molecule has 0 amide bonds. The molecule has 4 rings (SSSR count). The van der Waals surface area contributed by atoms with Crippen molar-refractivity contribution in [1.29, 1.82) is 0 Å². The van der Waals surface area contributed by atoms with Gasteiger partial charge in [0.25, 0.3) is 0 Å². The van der Waals surface area contributed by atoms with E-state index in [4.69, 9.17) is 4.74 Å². The van der Waals surface area contributed by atoms with Crippen LogP contribution < -0.4 is 10.1 Å². The highest BCUT2D eigenvalue weighted by atomic mass is 32.2. The van der Waals surface area contributed by atoms with Crippen LogP contribution in [0.5, 0.6) is 5.75 Å². The van der Waals surface area contributed by atoms with Crippen molar-refractivity contribution in [2.75, 3.05) is 25.2 Å². The minimum Gasteiger partial charge on any atom is -0.497 e. The van der Waals surface area contributed by atoms with Crippen molar-refractivity contribution in [2.45, 2.75) is 19.0 Å². The van der Waals surface area contributed by atoms with Crippen LogP contribution in [0.4, 0.5) is 0 Å². The van der Waals surface area contributed by atoms with Gasteiger partial charge in [-0.1, -0.05) is 0 Å². The van der Waals surface area contributed by atoms with Crippen LogP contribution in [0.1, 0.15) is 6.42 Å². The summed E-state index contributed by atoms with van der Waals surface area (Å²) in [5.41, 5.74) is 3.85. The Hall–Kier alpha value is -2.65. The monoisotopic (exact) mass is 401 g/mol. The predicted octanol–water partition coefficient (Wildman–Crippen LogP) is 1.73. The maximum Gasteiger partial charge on any atom is 0.151 e. The minimum absolute atomic E-state index is 0.0424. The lowest BCUT2D eigenvalue weighted by atomic mass is 10.1. The Morgan fingerprint density at radius 1 is 1.29 bits per heavy atom. The molecule has 0 radical (unpaired) electrons. The van der Waals surface area contributed by atoms with Gasteiger partial charge in [0.2, 0.25) is 0 Å². The highest BCUT2D eigenvalue weighted by molar-refractivity contribution is 7.91. The number of benzene rings is 1. The molecule has 3 aromatic rings. The van der Waals surface area contributed by atoms with Crippen molar-refractivity contribution in [2.24, 2.45) is 0 Å². The van der Waals surface area contributed by atoms with Crippen LogP contribution in [0, 0.1) is 0 Å². The molecule has 2 aromatic heterocycles. The molecule has 3 heterocycles. The third-order valence-corrected chi connectivity index (χ3v) is 6.79. The van der Waals surface area contributed by atoms with Gasteiger partial charge in [0.05, 0.1) is 48.7 Å². The number of methoxy groups -OCH3 is 1. The number of rotatable bonds is 7. The van der Waals surface area contributed by atoms with E-state index in [-0.39, 0.29) is 17.5 Å². The second-order valence-electron chi connectivity index (χ2n) is 6.91. The zero-order valence-corrected chi connectivity index (χ0v) is 16.4. The first kappa shape index (κ1) is 18.7. The Morgan fingerprint density at radius 2 is 2.11 bits per heavy atom. The molecule has 1 fully saturated rings. The first-order chi connectivity index (χ1) is 13.6. The van der Waals surface area contributed by atoms with E-state index in [9.17, 15) is 8.42 Å². The van der Waals surface area contributed by atoms with Gasteiger partial charge in [-0.25, -0.2) is 13.4 Å². The van der Waals surface area contributed by atoms with E-state index in [2.05, 4.69) is 20.5 Å². The summed E-state index contributed by atoms with van der Waals surface area (Å²) in [5.74, 6) is 1.31. The number of nitrogens with zero attached hydrogens (tertiary/aromatic N) is 3. The van der Waals surface area contributed by atoms with E-state index in [0.717, 1.165) is 28.3 Å². The average Bonchev–Trinajstić information content (AvgIpc) is 3.41. The van der Waals surface area contributed by atoms with Crippen molar-refractivity contribution in [3.63, 3.8) is 0 Å². The molecule has 28 heavy (non-hydrogen) atoms. The molecular formula is C19H23N5O3S. The van der Waals surface area contributed by atoms with Crippen molar-refractivity contribution in [1.82, 2.24) is 25.1 Å². The van der Waals surface area contributed by atoms with E-state index in [1.54, 1.807) is 19.6 Å². The zero-order valence-electron chi connectivity index (χ0n) is 15.6. The first-order valence-electron chi connectivity index (χ1n) is 9.18. The second kappa shape index (κ2) is 7.76. The standard InChI is InChI=1S/C19H23N5O3S/c1-27-16-4-2-14(3-5-16)19-17(10-22-23-19)18-11-20-13-24(18)8-7-21-15-6-9-28(25,26)12-15/h2-5,10-11,13,15,21H,6-9,12H2,1H3,(H,22,23). The molecule has 1 atom stereocenters. The summed E-state index contributed by atoms with van der Waals surface area (Å²) in [7, 11) is -1.22. The SMILES string of the molecule is COc1ccc(-c2[nH]ncc2-c2cncn2CCNC2CCS(=O)(=O)C2)cc1. The lowest BCUT2D eigenvalue weighted by Crippen LogP contribution is -2.32. The largest absolute Gasteiger partial charge is 0.497 e. The maximum atomic E-state index is 11.6. The zero-order chi connectivity index (χ0) is 19.6. The van der Waals surface area contributed by atoms with Crippen LogP contribution in [-0.2, 0) is 16.4 Å². The smallest absolute Gasteiger partial charge is 0.151 e. The van der Waals surface area contributed by atoms with Crippen molar-refractivity contribution < 1.29 is 13.2 Å². The fourth-order valence-electron chi connectivity index (χ4n) is 3.53. The lowest BCUT2D eigenvalue weighted by molar-refractivity contribution is 0.415. The van der Waals surface area contributed by atoms with Crippen molar-refractivity contribution >= 4 is 9.84 Å². The summed E-state index contributed by atoms with van der Waals surface area (Å²) >= 11 is 0. The van der Waals surface area contributed by atoms with Gasteiger partial charge in [-0.3, -0.25) is 5.10 Å². The fourth-order valence-corrected chi connectivity index (χ4v) is 5.23. The molecule has 2 N–H and O–H groups in total. The molecule has 0 spiro atoms. The Kier molecular flexibility index (Phi) is 5.19. The van der Waals surface area contributed by atoms with E-state index < -0.39 is 9.84 Å². The van der Waals surface area contributed by atoms with Gasteiger partial charge in [-0.05, 0) is 30.7 Å². The molecule has 1 unspecified atom stereocenters. The Labute approximate surface area is 163 Å². The number of hydrogen-bond acceptors (Lipinski definition) is 6. The van der Waals surface area contributed by atoms with Gasteiger partial charge in [0, 0.05) is 30.3 Å². The molecule has 0 aliphatic carbocycles. The van der Waals surface area contributed by atoms with E-state index >= 15 is 0 Å². The van der Waals surface area contributed by atoms with Gasteiger partial charge in [0.1, 0.15) is 5.75 Å². The Bertz CT molecular complexity index is 1040. The summed E-state index contributed by atoms with van der Waals surface area (Å²) in [6.07, 6.45) is 6.08. The van der Waals surface area contributed by atoms with Gasteiger partial charge < -0.3 is 14.6 Å². The highest BCUT2D eigenvalue weighted by Gasteiger charge is 2.27. The number of aromatic nitrogens is 4. The molecule has 1 aliphatic rings. The average molecular weight is 401 g/mol. The van der Waals surface area contributed by atoms with Crippen molar-refractivity contribution in [3.05, 3.63) is 43.0 Å². The third kappa shape index (κ3) is 3.95. The Balaban J connectivity index is 1.48. The normalized spacial score (nSPS) is 18.4. The number of aromatic amines is 1. The van der Waals surface area contributed by atoms with Crippen LogP contribution in [-0.4, -0.2) is 59.4 Å². The molecule has 0 saturated carbocycles. The summed E-state index contributed by atoms with van der Waals surface area (Å²) in [4.78, 5) is 4.29. The molecule has 1 aromatic carbocycles. The number of hydrogen-bond donors (Lipinski definition) is 2. The Morgan fingerprint density at radius 3 is 2.82 bits per heavy atom. The van der Waals surface area contributed by atoms with Gasteiger partial charge in [-0.2, -0.15) is 5.10 Å². The van der Waals surface area contributed by atoms with Crippen LogP contribution in [0.25, 0.3) is 22.5 Å². The maximum absolute atomic E-state index is 11.6. The number of ether oxygens (including phenoxy) is 1. The molecule has 1 saturated heterocycles. The van der Waals surface area contributed by atoms with Gasteiger partial charge >= 0.3 is 0 Å². The van der Waals surface area contributed by atoms with Crippen LogP contribution in [0.2, 0.25) is 0 Å². The molecule has 148 valence electrons. The second-order valence-corrected chi connectivity index (χ2v) is 9.14. The van der Waals surface area contributed by atoms with Gasteiger partial charge in [-0.15, -0.1) is 0 Å². The van der Waals surface area contributed by atoms with Gasteiger partial charge in [0.15, 0.2) is 9.84 Å². The summed E-state index contributed by atoms with van der Waals surface area (Å²) < 4.78 is 30.4. The minimum atomic E-state index is -2.87. The summed E-state index contributed by atoms with van der Waals surface area (Å²) in [6.45, 7) is 1.37. The summed E-state index contributed by atoms with van der Waals surface area (Å²) in [6, 6.07) is 7.84. The van der Waals surface area contributed by atoms with E-state index in [1.807, 2.05) is 35.0 Å². The quantitative estimate of drug-likeness (QED) is 0.625. The van der Waals surface area contributed by atoms with Crippen LogP contribution in [0.3, 0.4) is 0 Å². The molecular weight excluding hydrogens is 378 g/mol. The number of nitrogens with one attached hydrogen (secondary N) is 2. The lowest BCUT2D eigenvalue weighted by Gasteiger charge is -2.13. The van der Waals surface area contributed by atoms with Crippen molar-refractivity contribution in [3.8, 4) is 28.3 Å². The van der Waals surface area contributed by atoms with Crippen LogP contribution in [0.15, 0.2) is 43.0 Å². The first-order valence-corrected chi connectivity index (χ1v) is 11.0. The third-order valence-electron chi connectivity index (χ3n) is 5.02. The van der Waals surface area contributed by atoms with E-state index in [0.29, 0.717) is 19.5 Å².